The summed E-state index contributed by atoms with van der Waals surface area (Å²) in [5.74, 6) is 1.69. The third-order valence-corrected chi connectivity index (χ3v) is 6.43. The van der Waals surface area contributed by atoms with Crippen LogP contribution in [-0.4, -0.2) is 29.9 Å². The van der Waals surface area contributed by atoms with Crippen molar-refractivity contribution < 1.29 is 4.79 Å². The first-order chi connectivity index (χ1) is 14.4. The third kappa shape index (κ3) is 6.43. The zero-order chi connectivity index (χ0) is 21.5. The van der Waals surface area contributed by atoms with Crippen molar-refractivity contribution in [3.05, 3.63) is 71.3 Å². The quantitative estimate of drug-likeness (QED) is 0.623. The van der Waals surface area contributed by atoms with Crippen molar-refractivity contribution in [3.63, 3.8) is 0 Å². The van der Waals surface area contributed by atoms with Gasteiger partial charge in [-0.05, 0) is 73.4 Å². The molecule has 1 aliphatic rings. The van der Waals surface area contributed by atoms with E-state index in [-0.39, 0.29) is 11.9 Å². The molecule has 1 N–H and O–H groups in total. The molecule has 0 bridgehead atoms. The Bertz CT molecular complexity index is 766. The first kappa shape index (κ1) is 22.6. The number of benzene rings is 2. The summed E-state index contributed by atoms with van der Waals surface area (Å²) in [4.78, 5) is 15.2. The summed E-state index contributed by atoms with van der Waals surface area (Å²) in [6.45, 7) is 11.9. The van der Waals surface area contributed by atoms with Crippen LogP contribution < -0.4 is 5.32 Å². The van der Waals surface area contributed by atoms with Gasteiger partial charge in [-0.1, -0.05) is 70.2 Å². The maximum absolute atomic E-state index is 12.6. The van der Waals surface area contributed by atoms with Crippen LogP contribution in [0.4, 0.5) is 0 Å². The summed E-state index contributed by atoms with van der Waals surface area (Å²) in [7, 11) is 0. The second kappa shape index (κ2) is 10.8. The van der Waals surface area contributed by atoms with E-state index in [4.69, 9.17) is 0 Å². The van der Waals surface area contributed by atoms with Gasteiger partial charge in [0.2, 0.25) is 0 Å². The molecular weight excluding hydrogens is 368 g/mol. The van der Waals surface area contributed by atoms with Gasteiger partial charge in [-0.2, -0.15) is 0 Å². The van der Waals surface area contributed by atoms with Crippen LogP contribution in [0.2, 0.25) is 0 Å². The molecule has 0 saturated carbocycles. The van der Waals surface area contributed by atoms with Crippen LogP contribution in [0, 0.1) is 17.8 Å². The predicted octanol–water partition coefficient (Wildman–Crippen LogP) is 5.55. The molecule has 0 unspecified atom stereocenters. The lowest BCUT2D eigenvalue weighted by atomic mass is 9.90. The van der Waals surface area contributed by atoms with Crippen molar-refractivity contribution in [1.29, 1.82) is 0 Å². The SMILES string of the molecule is CC(C)C(NC(=O)c1ccc(CN2CCC(Cc3ccccc3)CC2)cc1)C(C)C. The van der Waals surface area contributed by atoms with Crippen LogP contribution in [0.3, 0.4) is 0 Å². The van der Waals surface area contributed by atoms with E-state index in [1.807, 2.05) is 12.1 Å². The average Bonchev–Trinajstić information content (AvgIpc) is 2.74. The molecule has 1 saturated heterocycles. The van der Waals surface area contributed by atoms with Gasteiger partial charge in [-0.15, -0.1) is 0 Å². The number of nitrogens with one attached hydrogen (secondary N) is 1. The topological polar surface area (TPSA) is 32.3 Å². The van der Waals surface area contributed by atoms with Gasteiger partial charge >= 0.3 is 0 Å². The molecule has 162 valence electrons. The van der Waals surface area contributed by atoms with Gasteiger partial charge in [0, 0.05) is 18.2 Å². The number of nitrogens with zero attached hydrogens (tertiary/aromatic N) is 1. The fourth-order valence-corrected chi connectivity index (χ4v) is 4.65. The molecule has 2 aromatic carbocycles. The van der Waals surface area contributed by atoms with E-state index in [9.17, 15) is 4.79 Å². The van der Waals surface area contributed by atoms with Gasteiger partial charge in [0.1, 0.15) is 0 Å². The Morgan fingerprint density at radius 1 is 0.900 bits per heavy atom. The van der Waals surface area contributed by atoms with Crippen LogP contribution in [-0.2, 0) is 13.0 Å². The van der Waals surface area contributed by atoms with E-state index in [0.29, 0.717) is 11.8 Å². The lowest BCUT2D eigenvalue weighted by molar-refractivity contribution is 0.0910. The largest absolute Gasteiger partial charge is 0.349 e. The number of amides is 1. The van der Waals surface area contributed by atoms with E-state index in [0.717, 1.165) is 31.1 Å². The first-order valence-electron chi connectivity index (χ1n) is 11.6. The van der Waals surface area contributed by atoms with E-state index in [1.165, 1.54) is 30.4 Å². The molecule has 30 heavy (non-hydrogen) atoms. The van der Waals surface area contributed by atoms with E-state index in [1.54, 1.807) is 0 Å². The number of carbonyl (C=O) groups excluding carboxylic acids is 1. The normalized spacial score (nSPS) is 15.8. The zero-order valence-electron chi connectivity index (χ0n) is 19.1. The molecule has 0 spiro atoms. The number of piperidine rings is 1. The highest BCUT2D eigenvalue weighted by molar-refractivity contribution is 5.94. The van der Waals surface area contributed by atoms with Crippen molar-refractivity contribution in [2.75, 3.05) is 13.1 Å². The molecule has 0 radical (unpaired) electrons. The monoisotopic (exact) mass is 406 g/mol. The molecule has 3 rings (SSSR count). The van der Waals surface area contributed by atoms with Gasteiger partial charge in [-0.3, -0.25) is 9.69 Å². The van der Waals surface area contributed by atoms with E-state index in [2.05, 4.69) is 80.4 Å². The maximum Gasteiger partial charge on any atom is 0.251 e. The Hall–Kier alpha value is -2.13. The molecule has 0 atom stereocenters. The third-order valence-electron chi connectivity index (χ3n) is 6.43. The Kier molecular flexibility index (Phi) is 8.09. The van der Waals surface area contributed by atoms with Gasteiger partial charge in [0.05, 0.1) is 0 Å². The van der Waals surface area contributed by atoms with Crippen molar-refractivity contribution in [3.8, 4) is 0 Å². The number of rotatable bonds is 8. The fourth-order valence-electron chi connectivity index (χ4n) is 4.65. The molecule has 3 heteroatoms. The minimum absolute atomic E-state index is 0.0377. The highest BCUT2D eigenvalue weighted by atomic mass is 16.1. The highest BCUT2D eigenvalue weighted by Crippen LogP contribution is 2.23. The minimum atomic E-state index is 0.0377. The van der Waals surface area contributed by atoms with E-state index < -0.39 is 0 Å². The van der Waals surface area contributed by atoms with Crippen LogP contribution in [0.5, 0.6) is 0 Å². The van der Waals surface area contributed by atoms with Crippen molar-refractivity contribution in [1.82, 2.24) is 10.2 Å². The molecule has 0 aliphatic carbocycles. The second-order valence-electron chi connectivity index (χ2n) is 9.59. The Morgan fingerprint density at radius 2 is 1.50 bits per heavy atom. The summed E-state index contributed by atoms with van der Waals surface area (Å²) in [6, 6.07) is 19.2. The predicted molar refractivity (Wildman–Crippen MR) is 126 cm³/mol. The Morgan fingerprint density at radius 3 is 2.07 bits per heavy atom. The minimum Gasteiger partial charge on any atom is -0.349 e. The standard InChI is InChI=1S/C27H38N2O/c1-20(2)26(21(3)4)28-27(30)25-12-10-24(11-13-25)19-29-16-14-23(15-17-29)18-22-8-6-5-7-9-22/h5-13,20-21,23,26H,14-19H2,1-4H3,(H,28,30). The molecule has 3 nitrogen and oxygen atoms in total. The lowest BCUT2D eigenvalue weighted by Gasteiger charge is -2.32. The van der Waals surface area contributed by atoms with Gasteiger partial charge in [-0.25, -0.2) is 0 Å². The number of likely N-dealkylation sites (tertiary alicyclic amines) is 1. The summed E-state index contributed by atoms with van der Waals surface area (Å²) >= 11 is 0. The van der Waals surface area contributed by atoms with Crippen molar-refractivity contribution in [2.45, 2.75) is 59.5 Å². The smallest absolute Gasteiger partial charge is 0.251 e. The average molecular weight is 407 g/mol. The van der Waals surface area contributed by atoms with Crippen molar-refractivity contribution in [2.24, 2.45) is 17.8 Å². The lowest BCUT2D eigenvalue weighted by Crippen LogP contribution is -2.42. The number of hydrogen-bond donors (Lipinski definition) is 1. The fraction of sp³-hybridized carbons (Fsp3) is 0.519. The molecule has 1 heterocycles. The van der Waals surface area contributed by atoms with Gasteiger partial charge in [0.15, 0.2) is 0 Å². The van der Waals surface area contributed by atoms with Gasteiger partial charge in [0.25, 0.3) is 5.91 Å². The maximum atomic E-state index is 12.6. The first-order valence-corrected chi connectivity index (χ1v) is 11.6. The van der Waals surface area contributed by atoms with Crippen LogP contribution in [0.25, 0.3) is 0 Å². The summed E-state index contributed by atoms with van der Waals surface area (Å²) in [6.07, 6.45) is 3.73. The Labute approximate surface area is 182 Å². The van der Waals surface area contributed by atoms with Crippen LogP contribution in [0.15, 0.2) is 54.6 Å². The van der Waals surface area contributed by atoms with Gasteiger partial charge < -0.3 is 5.32 Å². The highest BCUT2D eigenvalue weighted by Gasteiger charge is 2.21. The summed E-state index contributed by atoms with van der Waals surface area (Å²) < 4.78 is 0. The summed E-state index contributed by atoms with van der Waals surface area (Å²) in [5, 5.41) is 3.21. The molecular formula is C27H38N2O. The van der Waals surface area contributed by atoms with Crippen LogP contribution in [0.1, 0.15) is 62.0 Å². The number of carbonyl (C=O) groups is 1. The molecule has 1 aliphatic heterocycles. The summed E-state index contributed by atoms with van der Waals surface area (Å²) in [5.41, 5.74) is 3.51. The van der Waals surface area contributed by atoms with Crippen molar-refractivity contribution >= 4 is 5.91 Å². The molecule has 1 fully saturated rings. The second-order valence-corrected chi connectivity index (χ2v) is 9.59. The van der Waals surface area contributed by atoms with Crippen LogP contribution >= 0.6 is 0 Å². The number of hydrogen-bond acceptors (Lipinski definition) is 2. The molecule has 0 aromatic heterocycles. The van der Waals surface area contributed by atoms with E-state index >= 15 is 0 Å². The molecule has 2 aromatic rings. The molecule has 1 amide bonds. The Balaban J connectivity index is 1.47. The zero-order valence-corrected chi connectivity index (χ0v) is 19.1.